The van der Waals surface area contributed by atoms with Crippen molar-refractivity contribution in [3.8, 4) is 22.9 Å². The van der Waals surface area contributed by atoms with Crippen LogP contribution in [0.3, 0.4) is 0 Å². The molecule has 0 bridgehead atoms. The number of fused-ring (bicyclic) bond motifs is 2. The Morgan fingerprint density at radius 1 is 1.08 bits per heavy atom. The number of benzene rings is 3. The molecule has 8 heteroatoms. The summed E-state index contributed by atoms with van der Waals surface area (Å²) in [5, 5.41) is 0.523. The van der Waals surface area contributed by atoms with Gasteiger partial charge in [-0.05, 0) is 68.1 Å². The molecule has 0 unspecified atom stereocenters. The molecule has 1 aliphatic heterocycles. The summed E-state index contributed by atoms with van der Waals surface area (Å²) in [4.78, 5) is 25.5. The van der Waals surface area contributed by atoms with Crippen LogP contribution < -0.4 is 10.3 Å². The molecule has 6 nitrogen and oxygen atoms in total. The summed E-state index contributed by atoms with van der Waals surface area (Å²) in [6.45, 7) is 4.37. The first-order chi connectivity index (χ1) is 18.6. The second-order valence-electron chi connectivity index (χ2n) is 9.93. The van der Waals surface area contributed by atoms with Gasteiger partial charge in [0.05, 0.1) is 26.6 Å². The van der Waals surface area contributed by atoms with Gasteiger partial charge in [0, 0.05) is 31.3 Å². The van der Waals surface area contributed by atoms with Gasteiger partial charge in [-0.1, -0.05) is 24.3 Å². The van der Waals surface area contributed by atoms with Crippen molar-refractivity contribution in [3.05, 3.63) is 82.1 Å². The highest BCUT2D eigenvalue weighted by molar-refractivity contribution is 7.16. The predicted molar refractivity (Wildman–Crippen MR) is 151 cm³/mol. The van der Waals surface area contributed by atoms with Gasteiger partial charge in [-0.2, -0.15) is 0 Å². The Morgan fingerprint density at radius 2 is 1.89 bits per heavy atom. The largest absolute Gasteiger partial charge is 0.457 e. The summed E-state index contributed by atoms with van der Waals surface area (Å²) >= 11 is 1.56. The third-order valence-electron chi connectivity index (χ3n) is 7.29. The number of aromatic nitrogens is 3. The van der Waals surface area contributed by atoms with Crippen LogP contribution in [-0.2, 0) is 6.54 Å². The van der Waals surface area contributed by atoms with Crippen molar-refractivity contribution in [1.82, 2.24) is 19.4 Å². The van der Waals surface area contributed by atoms with E-state index in [9.17, 15) is 9.18 Å². The van der Waals surface area contributed by atoms with Crippen LogP contribution in [0, 0.1) is 12.8 Å². The van der Waals surface area contributed by atoms with Crippen LogP contribution in [0.2, 0.25) is 0 Å². The summed E-state index contributed by atoms with van der Waals surface area (Å²) in [6, 6.07) is 19.3. The Balaban J connectivity index is 1.41. The number of nitrogens with zero attached hydrogens (tertiary/aromatic N) is 4. The van der Waals surface area contributed by atoms with Crippen molar-refractivity contribution in [3.63, 3.8) is 0 Å². The van der Waals surface area contributed by atoms with Gasteiger partial charge >= 0.3 is 0 Å². The van der Waals surface area contributed by atoms with E-state index in [-0.39, 0.29) is 18.2 Å². The van der Waals surface area contributed by atoms with Crippen LogP contribution in [0.1, 0.15) is 18.4 Å². The van der Waals surface area contributed by atoms with E-state index >= 15 is 0 Å². The number of halogens is 1. The summed E-state index contributed by atoms with van der Waals surface area (Å²) in [5.74, 6) is 2.21. The SMILES string of the molecule is Cc1ccccc1-c1nc2ccc(Oc3ccc4ncsc4c3)cc2c(=O)n1C[C@H]1CCCN(CCF)C1. The molecular weight excluding hydrogens is 499 g/mol. The van der Waals surface area contributed by atoms with Crippen LogP contribution in [0.15, 0.2) is 71.0 Å². The minimum atomic E-state index is -0.350. The first-order valence-electron chi connectivity index (χ1n) is 13.0. The van der Waals surface area contributed by atoms with Gasteiger partial charge in [-0.25, -0.2) is 14.4 Å². The monoisotopic (exact) mass is 528 g/mol. The molecule has 0 radical (unpaired) electrons. The Morgan fingerprint density at radius 3 is 2.74 bits per heavy atom. The first kappa shape index (κ1) is 24.7. The Bertz CT molecular complexity index is 1660. The van der Waals surface area contributed by atoms with E-state index in [1.54, 1.807) is 17.4 Å². The van der Waals surface area contributed by atoms with Gasteiger partial charge in [0.1, 0.15) is 24.0 Å². The fourth-order valence-electron chi connectivity index (χ4n) is 5.38. The van der Waals surface area contributed by atoms with Crippen molar-refractivity contribution < 1.29 is 9.13 Å². The predicted octanol–water partition coefficient (Wildman–Crippen LogP) is 6.46. The molecular formula is C30H29FN4O2S. The molecule has 194 valence electrons. The number of thiazole rings is 1. The molecule has 0 saturated carbocycles. The minimum Gasteiger partial charge on any atom is -0.457 e. The average Bonchev–Trinajstić information content (AvgIpc) is 3.39. The van der Waals surface area contributed by atoms with Crippen molar-refractivity contribution in [2.45, 2.75) is 26.3 Å². The summed E-state index contributed by atoms with van der Waals surface area (Å²) in [5.41, 5.74) is 5.31. The van der Waals surface area contributed by atoms with Crippen molar-refractivity contribution in [1.29, 1.82) is 0 Å². The third kappa shape index (κ3) is 4.93. The van der Waals surface area contributed by atoms with Crippen molar-refractivity contribution in [2.24, 2.45) is 5.92 Å². The number of hydrogen-bond acceptors (Lipinski definition) is 6. The fourth-order valence-corrected chi connectivity index (χ4v) is 6.08. The number of ether oxygens (including phenoxy) is 1. The number of likely N-dealkylation sites (tertiary alicyclic amines) is 1. The van der Waals surface area contributed by atoms with Crippen LogP contribution in [0.25, 0.3) is 32.5 Å². The zero-order chi connectivity index (χ0) is 26.1. The molecule has 0 spiro atoms. The normalized spacial score (nSPS) is 16.3. The smallest absolute Gasteiger partial charge is 0.261 e. The second kappa shape index (κ2) is 10.6. The summed E-state index contributed by atoms with van der Waals surface area (Å²) in [6.07, 6.45) is 2.01. The standard InChI is InChI=1S/C30H29FN4O2S/c1-20-5-2-3-7-24(20)29-33-26-10-8-22(37-23-9-11-27-28(16-23)38-19-32-27)15-25(26)30(36)35(29)18-21-6-4-13-34(17-21)14-12-31/h2-3,5,7-11,15-16,19,21H,4,6,12-14,17-18H2,1H3/t21-/m0/s1. The van der Waals surface area contributed by atoms with Crippen LogP contribution in [0.5, 0.6) is 11.5 Å². The molecule has 3 heterocycles. The zero-order valence-corrected chi connectivity index (χ0v) is 22.1. The lowest BCUT2D eigenvalue weighted by atomic mass is 9.97. The van der Waals surface area contributed by atoms with E-state index in [1.165, 1.54) is 0 Å². The maximum absolute atomic E-state index is 14.0. The molecule has 1 atom stereocenters. The first-order valence-corrected chi connectivity index (χ1v) is 13.9. The maximum atomic E-state index is 14.0. The topological polar surface area (TPSA) is 60.3 Å². The molecule has 0 aliphatic carbocycles. The van der Waals surface area contributed by atoms with Gasteiger partial charge in [-0.15, -0.1) is 11.3 Å². The van der Waals surface area contributed by atoms with Gasteiger partial charge in [0.15, 0.2) is 0 Å². The molecule has 0 amide bonds. The molecule has 1 saturated heterocycles. The van der Waals surface area contributed by atoms with E-state index in [2.05, 4.69) is 9.88 Å². The zero-order valence-electron chi connectivity index (χ0n) is 21.3. The maximum Gasteiger partial charge on any atom is 0.261 e. The molecule has 0 N–H and O–H groups in total. The Kier molecular flexibility index (Phi) is 6.91. The lowest BCUT2D eigenvalue weighted by Gasteiger charge is -2.32. The highest BCUT2D eigenvalue weighted by Crippen LogP contribution is 2.30. The summed E-state index contributed by atoms with van der Waals surface area (Å²) < 4.78 is 22.0. The fraction of sp³-hybridized carbons (Fsp3) is 0.300. The van der Waals surface area contributed by atoms with E-state index in [0.29, 0.717) is 41.3 Å². The van der Waals surface area contributed by atoms with Gasteiger partial charge in [-0.3, -0.25) is 9.36 Å². The molecule has 1 aliphatic rings. The van der Waals surface area contributed by atoms with Gasteiger partial charge in [0.25, 0.3) is 5.56 Å². The number of alkyl halides is 1. The molecule has 6 rings (SSSR count). The second-order valence-corrected chi connectivity index (χ2v) is 10.8. The van der Waals surface area contributed by atoms with Crippen LogP contribution in [-0.4, -0.2) is 45.7 Å². The van der Waals surface area contributed by atoms with Gasteiger partial charge in [0.2, 0.25) is 0 Å². The lowest BCUT2D eigenvalue weighted by molar-refractivity contribution is 0.152. The Hall–Kier alpha value is -3.62. The highest BCUT2D eigenvalue weighted by Gasteiger charge is 2.23. The molecule has 3 aromatic carbocycles. The van der Waals surface area contributed by atoms with E-state index in [1.807, 2.05) is 71.6 Å². The van der Waals surface area contributed by atoms with Crippen LogP contribution in [0.4, 0.5) is 4.39 Å². The summed E-state index contributed by atoms with van der Waals surface area (Å²) in [7, 11) is 0. The minimum absolute atomic E-state index is 0.0840. The van der Waals surface area contributed by atoms with E-state index < -0.39 is 0 Å². The molecule has 5 aromatic rings. The molecule has 38 heavy (non-hydrogen) atoms. The number of aryl methyl sites for hydroxylation is 1. The van der Waals surface area contributed by atoms with Crippen LogP contribution >= 0.6 is 11.3 Å². The van der Waals surface area contributed by atoms with Gasteiger partial charge < -0.3 is 9.64 Å². The van der Waals surface area contributed by atoms with E-state index in [0.717, 1.165) is 47.3 Å². The van der Waals surface area contributed by atoms with Crippen molar-refractivity contribution >= 4 is 32.5 Å². The number of hydrogen-bond donors (Lipinski definition) is 0. The number of piperidine rings is 1. The average molecular weight is 529 g/mol. The molecule has 2 aromatic heterocycles. The number of rotatable bonds is 7. The van der Waals surface area contributed by atoms with E-state index in [4.69, 9.17) is 9.72 Å². The third-order valence-corrected chi connectivity index (χ3v) is 8.09. The quantitative estimate of drug-likeness (QED) is 0.243. The van der Waals surface area contributed by atoms with Crippen molar-refractivity contribution in [2.75, 3.05) is 26.3 Å². The highest BCUT2D eigenvalue weighted by atomic mass is 32.1. The lowest BCUT2D eigenvalue weighted by Crippen LogP contribution is -2.39. The molecule has 1 fully saturated rings. The Labute approximate surface area is 224 Å².